The molecule has 0 radical (unpaired) electrons. The molecule has 0 N–H and O–H groups in total. The molecule has 0 unspecified atom stereocenters. The van der Waals surface area contributed by atoms with Gasteiger partial charge in [0, 0.05) is 31.1 Å². The number of piperidine rings is 2. The van der Waals surface area contributed by atoms with Crippen molar-refractivity contribution in [2.45, 2.75) is 58.0 Å². The molecular formula is C20H26F2N2O. The highest BCUT2D eigenvalue weighted by atomic mass is 19.2. The topological polar surface area (TPSA) is 23.6 Å². The van der Waals surface area contributed by atoms with E-state index in [0.717, 1.165) is 51.7 Å². The van der Waals surface area contributed by atoms with Gasteiger partial charge in [0.25, 0.3) is 0 Å². The summed E-state index contributed by atoms with van der Waals surface area (Å²) < 4.78 is 27.9. The van der Waals surface area contributed by atoms with Crippen molar-refractivity contribution >= 4 is 5.91 Å². The van der Waals surface area contributed by atoms with Gasteiger partial charge in [-0.2, -0.15) is 0 Å². The first-order valence-electron chi connectivity index (χ1n) is 9.43. The Bertz CT molecular complexity index is 679. The maximum atomic E-state index is 14.1. The maximum Gasteiger partial charge on any atom is 0.222 e. The molecule has 3 nitrogen and oxygen atoms in total. The lowest BCUT2D eigenvalue weighted by atomic mass is 9.72. The molecule has 1 amide bonds. The number of halogens is 2. The van der Waals surface area contributed by atoms with E-state index in [9.17, 15) is 13.6 Å². The first kappa shape index (κ1) is 17.0. The van der Waals surface area contributed by atoms with Crippen LogP contribution in [0.5, 0.6) is 0 Å². The van der Waals surface area contributed by atoms with Crippen molar-refractivity contribution in [3.8, 4) is 0 Å². The molecular weight excluding hydrogens is 322 g/mol. The predicted octanol–water partition coefficient (Wildman–Crippen LogP) is 3.64. The van der Waals surface area contributed by atoms with Crippen molar-refractivity contribution in [1.82, 2.24) is 9.80 Å². The maximum absolute atomic E-state index is 14.1. The van der Waals surface area contributed by atoms with Gasteiger partial charge >= 0.3 is 0 Å². The Morgan fingerprint density at radius 1 is 1.12 bits per heavy atom. The van der Waals surface area contributed by atoms with E-state index in [1.54, 1.807) is 19.1 Å². The number of carbonyl (C=O) groups excluding carboxylic acids is 1. The van der Waals surface area contributed by atoms with Crippen LogP contribution in [0.25, 0.3) is 0 Å². The monoisotopic (exact) mass is 348 g/mol. The molecule has 0 atom stereocenters. The second kappa shape index (κ2) is 6.35. The number of carbonyl (C=O) groups is 1. The largest absolute Gasteiger partial charge is 0.339 e. The van der Waals surface area contributed by atoms with Crippen molar-refractivity contribution < 1.29 is 13.6 Å². The molecule has 1 saturated carbocycles. The zero-order chi connectivity index (χ0) is 17.6. The number of likely N-dealkylation sites (tertiary alicyclic amines) is 2. The van der Waals surface area contributed by atoms with E-state index in [2.05, 4.69) is 9.80 Å². The van der Waals surface area contributed by atoms with Crippen LogP contribution in [0.2, 0.25) is 0 Å². The van der Waals surface area contributed by atoms with Crippen molar-refractivity contribution in [1.29, 1.82) is 0 Å². The minimum atomic E-state index is -0.725. The van der Waals surface area contributed by atoms with Crippen LogP contribution in [0.15, 0.2) is 12.1 Å². The second-order valence-corrected chi connectivity index (χ2v) is 8.20. The van der Waals surface area contributed by atoms with Crippen LogP contribution in [-0.4, -0.2) is 41.4 Å². The zero-order valence-electron chi connectivity index (χ0n) is 14.9. The van der Waals surface area contributed by atoms with Gasteiger partial charge in [-0.3, -0.25) is 9.69 Å². The van der Waals surface area contributed by atoms with E-state index >= 15 is 0 Å². The molecule has 2 saturated heterocycles. The molecule has 5 heteroatoms. The van der Waals surface area contributed by atoms with E-state index in [0.29, 0.717) is 36.0 Å². The van der Waals surface area contributed by atoms with Gasteiger partial charge in [0.2, 0.25) is 5.91 Å². The Balaban J connectivity index is 1.38. The van der Waals surface area contributed by atoms with Gasteiger partial charge in [0.05, 0.1) is 0 Å². The number of nitrogens with zero attached hydrogens (tertiary/aromatic N) is 2. The predicted molar refractivity (Wildman–Crippen MR) is 92.0 cm³/mol. The lowest BCUT2D eigenvalue weighted by Gasteiger charge is -2.47. The summed E-state index contributed by atoms with van der Waals surface area (Å²) in [6, 6.07) is 3.85. The number of aryl methyl sites for hydroxylation is 1. The van der Waals surface area contributed by atoms with E-state index < -0.39 is 11.6 Å². The minimum Gasteiger partial charge on any atom is -0.339 e. The summed E-state index contributed by atoms with van der Waals surface area (Å²) in [6.07, 6.45) is 6.06. The van der Waals surface area contributed by atoms with Crippen LogP contribution in [0, 0.1) is 24.0 Å². The molecule has 1 spiro atoms. The first-order chi connectivity index (χ1) is 12.0. The van der Waals surface area contributed by atoms with Gasteiger partial charge in [-0.25, -0.2) is 8.78 Å². The van der Waals surface area contributed by atoms with Gasteiger partial charge < -0.3 is 4.90 Å². The van der Waals surface area contributed by atoms with Crippen molar-refractivity contribution in [3.05, 3.63) is 34.9 Å². The fraction of sp³-hybridized carbons (Fsp3) is 0.650. The van der Waals surface area contributed by atoms with Crippen LogP contribution in [0.3, 0.4) is 0 Å². The molecule has 0 bridgehead atoms. The lowest BCUT2D eigenvalue weighted by Crippen LogP contribution is -2.52. The van der Waals surface area contributed by atoms with Crippen LogP contribution >= 0.6 is 0 Å². The Kier molecular flexibility index (Phi) is 4.30. The molecule has 2 aliphatic heterocycles. The number of benzene rings is 1. The van der Waals surface area contributed by atoms with Gasteiger partial charge in [-0.1, -0.05) is 12.1 Å². The highest BCUT2D eigenvalue weighted by Gasteiger charge is 2.45. The molecule has 1 aromatic carbocycles. The Hall–Kier alpha value is -1.49. The number of hydrogen-bond donors (Lipinski definition) is 0. The quantitative estimate of drug-likeness (QED) is 0.833. The molecule has 1 aliphatic carbocycles. The SMILES string of the molecule is Cc1ccc(CN2CCC3(CCC(=O)N(C4CC4)C3)CC2)c(F)c1F. The normalized spacial score (nSPS) is 24.1. The molecule has 136 valence electrons. The van der Waals surface area contributed by atoms with Crippen LogP contribution in [0.1, 0.15) is 49.7 Å². The number of hydrogen-bond acceptors (Lipinski definition) is 2. The molecule has 2 heterocycles. The standard InChI is InChI=1S/C20H26F2N2O/c1-14-2-3-15(19(22)18(14)21)12-23-10-8-20(9-11-23)7-6-17(25)24(13-20)16-4-5-16/h2-3,16H,4-13H2,1H3. The van der Waals surface area contributed by atoms with Crippen LogP contribution in [0.4, 0.5) is 8.78 Å². The highest BCUT2D eigenvalue weighted by Crippen LogP contribution is 2.43. The molecule has 25 heavy (non-hydrogen) atoms. The number of rotatable bonds is 3. The Labute approximate surface area is 148 Å². The summed E-state index contributed by atoms with van der Waals surface area (Å²) in [5.41, 5.74) is 1.03. The summed E-state index contributed by atoms with van der Waals surface area (Å²) in [7, 11) is 0. The van der Waals surface area contributed by atoms with E-state index in [4.69, 9.17) is 0 Å². The summed E-state index contributed by atoms with van der Waals surface area (Å²) in [4.78, 5) is 16.5. The summed E-state index contributed by atoms with van der Waals surface area (Å²) in [5, 5.41) is 0. The molecule has 1 aromatic rings. The zero-order valence-corrected chi connectivity index (χ0v) is 14.9. The third-order valence-corrected chi connectivity index (χ3v) is 6.35. The van der Waals surface area contributed by atoms with Gasteiger partial charge in [0.1, 0.15) is 0 Å². The van der Waals surface area contributed by atoms with Crippen molar-refractivity contribution in [2.24, 2.45) is 5.41 Å². The van der Waals surface area contributed by atoms with Crippen molar-refractivity contribution in [3.63, 3.8) is 0 Å². The fourth-order valence-corrected chi connectivity index (χ4v) is 4.41. The second-order valence-electron chi connectivity index (χ2n) is 8.20. The summed E-state index contributed by atoms with van der Waals surface area (Å²) in [6.45, 7) is 4.73. The third-order valence-electron chi connectivity index (χ3n) is 6.35. The Morgan fingerprint density at radius 2 is 1.84 bits per heavy atom. The molecule has 0 aromatic heterocycles. The number of amides is 1. The van der Waals surface area contributed by atoms with E-state index in [-0.39, 0.29) is 5.41 Å². The van der Waals surface area contributed by atoms with Gasteiger partial charge in [-0.05, 0) is 63.1 Å². The van der Waals surface area contributed by atoms with Crippen LogP contribution in [-0.2, 0) is 11.3 Å². The lowest BCUT2D eigenvalue weighted by molar-refractivity contribution is -0.139. The first-order valence-corrected chi connectivity index (χ1v) is 9.43. The van der Waals surface area contributed by atoms with Crippen molar-refractivity contribution in [2.75, 3.05) is 19.6 Å². The minimum absolute atomic E-state index is 0.240. The van der Waals surface area contributed by atoms with E-state index in [1.807, 2.05) is 0 Å². The van der Waals surface area contributed by atoms with Gasteiger partial charge in [0.15, 0.2) is 11.6 Å². The third kappa shape index (κ3) is 3.31. The summed E-state index contributed by atoms with van der Waals surface area (Å²) >= 11 is 0. The molecule has 3 fully saturated rings. The molecule has 4 rings (SSSR count). The summed E-state index contributed by atoms with van der Waals surface area (Å²) in [5.74, 6) is -1.10. The van der Waals surface area contributed by atoms with Gasteiger partial charge in [-0.15, -0.1) is 0 Å². The average Bonchev–Trinajstić information content (AvgIpc) is 3.45. The van der Waals surface area contributed by atoms with Crippen LogP contribution < -0.4 is 0 Å². The highest BCUT2D eigenvalue weighted by molar-refractivity contribution is 5.77. The average molecular weight is 348 g/mol. The smallest absolute Gasteiger partial charge is 0.222 e. The fourth-order valence-electron chi connectivity index (χ4n) is 4.41. The Morgan fingerprint density at radius 3 is 2.52 bits per heavy atom. The molecule has 3 aliphatic rings. The van der Waals surface area contributed by atoms with E-state index in [1.165, 1.54) is 0 Å².